The predicted octanol–water partition coefficient (Wildman–Crippen LogP) is 4.06. The number of aliphatic carboxylic acids is 1. The number of halogens is 2. The van der Waals surface area contributed by atoms with Gasteiger partial charge in [0.15, 0.2) is 0 Å². The summed E-state index contributed by atoms with van der Waals surface area (Å²) in [6.07, 6.45) is 4.90. The lowest BCUT2D eigenvalue weighted by molar-refractivity contribution is -0.142. The Kier molecular flexibility index (Phi) is 10.9. The van der Waals surface area contributed by atoms with Gasteiger partial charge >= 0.3 is 12.1 Å². The number of carbonyl (C=O) groups excluding carboxylic acids is 3. The molecule has 1 aliphatic heterocycles. The first-order valence-corrected chi connectivity index (χ1v) is 13.3. The molecule has 3 amide bonds. The molecule has 1 aromatic rings. The largest absolute Gasteiger partial charge is 0.480 e. The van der Waals surface area contributed by atoms with E-state index in [0.717, 1.165) is 4.90 Å². The van der Waals surface area contributed by atoms with Crippen LogP contribution in [-0.2, 0) is 19.1 Å². The zero-order chi connectivity index (χ0) is 27.0. The summed E-state index contributed by atoms with van der Waals surface area (Å²) >= 11 is 14.0. The van der Waals surface area contributed by atoms with Gasteiger partial charge in [-0.1, -0.05) is 29.3 Å². The molecule has 1 unspecified atom stereocenters. The van der Waals surface area contributed by atoms with Gasteiger partial charge in [0.25, 0.3) is 0 Å². The summed E-state index contributed by atoms with van der Waals surface area (Å²) in [5.74, 6) is -2.39. The molecule has 9 nitrogen and oxygen atoms in total. The highest BCUT2D eigenvalue weighted by Crippen LogP contribution is 2.35. The van der Waals surface area contributed by atoms with Gasteiger partial charge in [-0.25, -0.2) is 9.59 Å². The molecule has 0 saturated carbocycles. The highest BCUT2D eigenvalue weighted by molar-refractivity contribution is 7.98. The van der Waals surface area contributed by atoms with Crippen molar-refractivity contribution in [3.05, 3.63) is 33.8 Å². The van der Waals surface area contributed by atoms with Crippen molar-refractivity contribution in [2.24, 2.45) is 5.92 Å². The minimum absolute atomic E-state index is 0.222. The number of nitrogens with one attached hydrogen (secondary N) is 2. The Morgan fingerprint density at radius 1 is 1.19 bits per heavy atom. The fourth-order valence-corrected chi connectivity index (χ4v) is 4.62. The number of nitrogens with zero attached hydrogens (tertiary/aromatic N) is 1. The number of benzene rings is 1. The molecule has 2 rings (SSSR count). The average molecular weight is 561 g/mol. The second-order valence-corrected chi connectivity index (χ2v) is 10.8. The van der Waals surface area contributed by atoms with Crippen LogP contribution in [0, 0.1) is 5.92 Å². The second kappa shape index (κ2) is 13.2. The maximum absolute atomic E-state index is 12.6. The Bertz CT molecular complexity index is 1020. The summed E-state index contributed by atoms with van der Waals surface area (Å²) in [6, 6.07) is 2.32. The number of rotatable bonds is 8. The van der Waals surface area contributed by atoms with Gasteiger partial charge < -0.3 is 25.4 Å². The molecule has 3 N–H and O–H groups in total. The Morgan fingerprint density at radius 3 is 2.39 bits per heavy atom. The second-order valence-electron chi connectivity index (χ2n) is 9.20. The van der Waals surface area contributed by atoms with E-state index in [2.05, 4.69) is 10.6 Å². The van der Waals surface area contributed by atoms with E-state index in [1.807, 2.05) is 12.3 Å². The smallest absolute Gasteiger partial charge is 0.407 e. The molecule has 0 aromatic heterocycles. The van der Waals surface area contributed by atoms with Gasteiger partial charge in [0.2, 0.25) is 11.8 Å². The fraction of sp³-hybridized carbons (Fsp3) is 0.500. The third-order valence-electron chi connectivity index (χ3n) is 5.34. The quantitative estimate of drug-likeness (QED) is 0.324. The number of carbonyl (C=O) groups is 4. The summed E-state index contributed by atoms with van der Waals surface area (Å²) in [5, 5.41) is 15.0. The standard InChI is InChI=1S/C24H31Cl2N3O6S/c1-24(2,3)35-23(34)27-13-16(22(32)33)28-21(31)15-9-11-29(12-10-15)18(30)8-6-14-5-7-17(36-4)20(26)19(14)25/h5-8,15-16H,9-13H2,1-4H3,(H,27,34)(H,28,31)(H,32,33)/b8-6+. The third kappa shape index (κ3) is 8.90. The SMILES string of the molecule is CSc1ccc(/C=C/C(=O)N2CCC(C(=O)NC(CNC(=O)OC(C)(C)C)C(=O)O)CC2)c(Cl)c1Cl. The lowest BCUT2D eigenvalue weighted by Crippen LogP contribution is -2.52. The van der Waals surface area contributed by atoms with Crippen molar-refractivity contribution < 1.29 is 29.0 Å². The van der Waals surface area contributed by atoms with E-state index in [4.69, 9.17) is 27.9 Å². The van der Waals surface area contributed by atoms with Crippen LogP contribution >= 0.6 is 35.0 Å². The molecule has 0 aliphatic carbocycles. The molecule has 1 saturated heterocycles. The molecule has 0 bridgehead atoms. The molecule has 1 fully saturated rings. The number of thioether (sulfide) groups is 1. The van der Waals surface area contributed by atoms with Crippen molar-refractivity contribution in [2.45, 2.75) is 50.2 Å². The lowest BCUT2D eigenvalue weighted by Gasteiger charge is -2.31. The maximum Gasteiger partial charge on any atom is 0.407 e. The van der Waals surface area contributed by atoms with Crippen molar-refractivity contribution in [3.63, 3.8) is 0 Å². The van der Waals surface area contributed by atoms with Gasteiger partial charge in [-0.05, 0) is 57.6 Å². The Morgan fingerprint density at radius 2 is 1.83 bits per heavy atom. The Balaban J connectivity index is 1.87. The van der Waals surface area contributed by atoms with Crippen molar-refractivity contribution in [1.82, 2.24) is 15.5 Å². The van der Waals surface area contributed by atoms with Crippen molar-refractivity contribution >= 4 is 64.9 Å². The fourth-order valence-electron chi connectivity index (χ4n) is 3.45. The number of piperidine rings is 1. The third-order valence-corrected chi connectivity index (χ3v) is 7.13. The summed E-state index contributed by atoms with van der Waals surface area (Å²) in [7, 11) is 0. The van der Waals surface area contributed by atoms with E-state index < -0.39 is 35.5 Å². The summed E-state index contributed by atoms with van der Waals surface area (Å²) in [5.41, 5.74) is -0.105. The average Bonchev–Trinajstić information content (AvgIpc) is 2.81. The van der Waals surface area contributed by atoms with Crippen molar-refractivity contribution in [2.75, 3.05) is 25.9 Å². The number of alkyl carbamates (subject to hydrolysis) is 1. The Hall–Kier alpha value is -2.43. The molecule has 12 heteroatoms. The first kappa shape index (κ1) is 29.8. The zero-order valence-electron chi connectivity index (χ0n) is 20.6. The monoisotopic (exact) mass is 559 g/mol. The first-order chi connectivity index (χ1) is 16.8. The van der Waals surface area contributed by atoms with Crippen LogP contribution in [0.3, 0.4) is 0 Å². The molecule has 198 valence electrons. The number of ether oxygens (including phenoxy) is 1. The highest BCUT2D eigenvalue weighted by Gasteiger charge is 2.30. The Labute approximate surface area is 224 Å². The van der Waals surface area contributed by atoms with Crippen LogP contribution in [0.1, 0.15) is 39.2 Å². The topological polar surface area (TPSA) is 125 Å². The number of likely N-dealkylation sites (tertiary alicyclic amines) is 1. The van der Waals surface area contributed by atoms with Crippen LogP contribution in [0.15, 0.2) is 23.1 Å². The van der Waals surface area contributed by atoms with Crippen LogP contribution in [0.2, 0.25) is 10.0 Å². The van der Waals surface area contributed by atoms with Gasteiger partial charge in [0.1, 0.15) is 11.6 Å². The number of carboxylic acid groups (broad SMARTS) is 1. The lowest BCUT2D eigenvalue weighted by atomic mass is 9.95. The van der Waals surface area contributed by atoms with Crippen LogP contribution in [0.25, 0.3) is 6.08 Å². The minimum Gasteiger partial charge on any atom is -0.480 e. The predicted molar refractivity (Wildman–Crippen MR) is 140 cm³/mol. The number of hydrogen-bond donors (Lipinski definition) is 3. The number of carboxylic acids is 1. The molecular weight excluding hydrogens is 529 g/mol. The van der Waals surface area contributed by atoms with Crippen LogP contribution in [-0.4, -0.2) is 71.4 Å². The van der Waals surface area contributed by atoms with Gasteiger partial charge in [-0.3, -0.25) is 9.59 Å². The first-order valence-electron chi connectivity index (χ1n) is 11.3. The summed E-state index contributed by atoms with van der Waals surface area (Å²) < 4.78 is 5.08. The zero-order valence-corrected chi connectivity index (χ0v) is 22.9. The molecular formula is C24H31Cl2N3O6S. The molecule has 36 heavy (non-hydrogen) atoms. The molecule has 1 atom stereocenters. The van der Waals surface area contributed by atoms with E-state index in [1.54, 1.807) is 37.8 Å². The molecule has 1 aromatic carbocycles. The molecule has 1 aliphatic rings. The number of hydrogen-bond acceptors (Lipinski definition) is 6. The molecule has 1 heterocycles. The van der Waals surface area contributed by atoms with Crippen LogP contribution in [0.4, 0.5) is 4.79 Å². The maximum atomic E-state index is 12.6. The van der Waals surface area contributed by atoms with Gasteiger partial charge in [-0.2, -0.15) is 0 Å². The summed E-state index contributed by atoms with van der Waals surface area (Å²) in [6.45, 7) is 5.42. The van der Waals surface area contributed by atoms with Crippen molar-refractivity contribution in [1.29, 1.82) is 0 Å². The molecule has 0 radical (unpaired) electrons. The molecule has 0 spiro atoms. The van der Waals surface area contributed by atoms with Gasteiger partial charge in [-0.15, -0.1) is 11.8 Å². The van der Waals surface area contributed by atoms with Gasteiger partial charge in [0.05, 0.1) is 16.6 Å². The van der Waals surface area contributed by atoms with E-state index in [9.17, 15) is 24.3 Å². The van der Waals surface area contributed by atoms with Crippen LogP contribution in [0.5, 0.6) is 0 Å². The van der Waals surface area contributed by atoms with E-state index in [1.165, 1.54) is 17.8 Å². The van der Waals surface area contributed by atoms with E-state index >= 15 is 0 Å². The number of amides is 3. The van der Waals surface area contributed by atoms with E-state index in [0.29, 0.717) is 41.5 Å². The highest BCUT2D eigenvalue weighted by atomic mass is 35.5. The summed E-state index contributed by atoms with van der Waals surface area (Å²) in [4.78, 5) is 51.0. The van der Waals surface area contributed by atoms with E-state index in [-0.39, 0.29) is 12.5 Å². The normalized spacial score (nSPS) is 15.4. The minimum atomic E-state index is -1.30. The van der Waals surface area contributed by atoms with Crippen LogP contribution < -0.4 is 10.6 Å². The van der Waals surface area contributed by atoms with Gasteiger partial charge in [0, 0.05) is 30.0 Å². The van der Waals surface area contributed by atoms with Crippen molar-refractivity contribution in [3.8, 4) is 0 Å².